The average Bonchev–Trinajstić information content (AvgIpc) is 3.59. The van der Waals surface area contributed by atoms with Gasteiger partial charge < -0.3 is 15.4 Å². The minimum absolute atomic E-state index is 0.0135. The zero-order valence-corrected chi connectivity index (χ0v) is 19.9. The standard InChI is InChI=1S/C26H25FN6O3/c1-15-19(26(35)29-12-20-21(27)4-3-5-23(20)36-14-17-6-7-17)10-18(11-28-15)22-8-9-25-31-24(30-16(2)34)13-33(25)32-22/h3-5,8-11,13,17H,6-7,12,14H2,1-2H3,(H,29,35)(H,30,34). The maximum Gasteiger partial charge on any atom is 0.253 e. The quantitative estimate of drug-likeness (QED) is 0.389. The fourth-order valence-electron chi connectivity index (χ4n) is 3.78. The first-order valence-corrected chi connectivity index (χ1v) is 11.7. The molecule has 36 heavy (non-hydrogen) atoms. The summed E-state index contributed by atoms with van der Waals surface area (Å²) in [4.78, 5) is 33.0. The molecular formula is C26H25FN6O3. The summed E-state index contributed by atoms with van der Waals surface area (Å²) in [6.45, 7) is 3.68. The number of hydrogen-bond acceptors (Lipinski definition) is 6. The minimum atomic E-state index is -0.427. The fraction of sp³-hybridized carbons (Fsp3) is 0.269. The maximum atomic E-state index is 14.5. The van der Waals surface area contributed by atoms with Crippen LogP contribution in [0.5, 0.6) is 5.75 Å². The summed E-state index contributed by atoms with van der Waals surface area (Å²) in [5.74, 6) is 0.331. The van der Waals surface area contributed by atoms with E-state index in [1.165, 1.54) is 13.0 Å². The van der Waals surface area contributed by atoms with Crippen molar-refractivity contribution in [2.24, 2.45) is 5.92 Å². The highest BCUT2D eigenvalue weighted by Gasteiger charge is 2.23. The molecule has 1 aliphatic rings. The van der Waals surface area contributed by atoms with Gasteiger partial charge in [-0.3, -0.25) is 14.6 Å². The Morgan fingerprint density at radius 2 is 2.06 bits per heavy atom. The second-order valence-corrected chi connectivity index (χ2v) is 8.84. The van der Waals surface area contributed by atoms with Crippen molar-refractivity contribution < 1.29 is 18.7 Å². The number of imidazole rings is 1. The van der Waals surface area contributed by atoms with Crippen molar-refractivity contribution in [1.82, 2.24) is 24.9 Å². The zero-order chi connectivity index (χ0) is 25.2. The van der Waals surface area contributed by atoms with Crippen LogP contribution >= 0.6 is 0 Å². The maximum absolute atomic E-state index is 14.5. The number of nitrogens with zero attached hydrogens (tertiary/aromatic N) is 4. The Balaban J connectivity index is 1.34. The molecule has 3 heterocycles. The van der Waals surface area contributed by atoms with Gasteiger partial charge in [-0.1, -0.05) is 6.07 Å². The number of ether oxygens (including phenoxy) is 1. The van der Waals surface area contributed by atoms with Crippen LogP contribution in [0.25, 0.3) is 16.9 Å². The van der Waals surface area contributed by atoms with E-state index in [0.717, 1.165) is 12.8 Å². The van der Waals surface area contributed by atoms with Crippen LogP contribution in [-0.2, 0) is 11.3 Å². The van der Waals surface area contributed by atoms with E-state index >= 15 is 0 Å². The van der Waals surface area contributed by atoms with Gasteiger partial charge in [0, 0.05) is 30.8 Å². The highest BCUT2D eigenvalue weighted by molar-refractivity contribution is 5.96. The van der Waals surface area contributed by atoms with Crippen molar-refractivity contribution in [1.29, 1.82) is 0 Å². The molecule has 9 nitrogen and oxygen atoms in total. The van der Waals surface area contributed by atoms with Gasteiger partial charge in [0.2, 0.25) is 5.91 Å². The van der Waals surface area contributed by atoms with E-state index in [9.17, 15) is 14.0 Å². The summed E-state index contributed by atoms with van der Waals surface area (Å²) in [5.41, 5.74) is 2.96. The van der Waals surface area contributed by atoms with Gasteiger partial charge in [-0.05, 0) is 56.0 Å². The van der Waals surface area contributed by atoms with E-state index in [-0.39, 0.29) is 18.4 Å². The summed E-state index contributed by atoms with van der Waals surface area (Å²) in [6.07, 6.45) is 5.49. The lowest BCUT2D eigenvalue weighted by Crippen LogP contribution is -2.25. The second-order valence-electron chi connectivity index (χ2n) is 8.84. The van der Waals surface area contributed by atoms with E-state index in [2.05, 4.69) is 25.7 Å². The van der Waals surface area contributed by atoms with Crippen molar-refractivity contribution in [2.75, 3.05) is 11.9 Å². The van der Waals surface area contributed by atoms with Crippen LogP contribution in [0.4, 0.5) is 10.2 Å². The molecule has 5 rings (SSSR count). The van der Waals surface area contributed by atoms with Gasteiger partial charge in [-0.25, -0.2) is 13.9 Å². The summed E-state index contributed by atoms with van der Waals surface area (Å²) >= 11 is 0. The van der Waals surface area contributed by atoms with Gasteiger partial charge in [0.1, 0.15) is 11.6 Å². The number of hydrogen-bond donors (Lipinski definition) is 2. The highest BCUT2D eigenvalue weighted by atomic mass is 19.1. The van der Waals surface area contributed by atoms with E-state index in [1.54, 1.807) is 54.2 Å². The number of benzene rings is 1. The summed E-state index contributed by atoms with van der Waals surface area (Å²) in [7, 11) is 0. The summed E-state index contributed by atoms with van der Waals surface area (Å²) in [6, 6.07) is 9.89. The van der Waals surface area contributed by atoms with E-state index in [1.807, 2.05) is 0 Å². The largest absolute Gasteiger partial charge is 0.493 e. The van der Waals surface area contributed by atoms with E-state index < -0.39 is 5.82 Å². The van der Waals surface area contributed by atoms with Crippen LogP contribution in [0, 0.1) is 18.7 Å². The number of nitrogens with one attached hydrogen (secondary N) is 2. The van der Waals surface area contributed by atoms with Crippen molar-refractivity contribution in [2.45, 2.75) is 33.2 Å². The molecule has 0 unspecified atom stereocenters. The average molecular weight is 489 g/mol. The van der Waals surface area contributed by atoms with Crippen LogP contribution < -0.4 is 15.4 Å². The van der Waals surface area contributed by atoms with Gasteiger partial charge in [0.25, 0.3) is 5.91 Å². The van der Waals surface area contributed by atoms with Crippen molar-refractivity contribution >= 4 is 23.3 Å². The van der Waals surface area contributed by atoms with Gasteiger partial charge in [0.05, 0.1) is 29.8 Å². The molecule has 3 aromatic heterocycles. The molecule has 1 aromatic carbocycles. The number of amides is 2. The van der Waals surface area contributed by atoms with E-state index in [0.29, 0.717) is 57.8 Å². The lowest BCUT2D eigenvalue weighted by Gasteiger charge is -2.14. The summed E-state index contributed by atoms with van der Waals surface area (Å²) < 4.78 is 21.9. The number of halogens is 1. The van der Waals surface area contributed by atoms with Gasteiger partial charge in [-0.15, -0.1) is 0 Å². The molecule has 4 aromatic rings. The van der Waals surface area contributed by atoms with Gasteiger partial charge in [-0.2, -0.15) is 5.10 Å². The number of rotatable bonds is 8. The predicted molar refractivity (Wildman–Crippen MR) is 131 cm³/mol. The molecule has 0 radical (unpaired) electrons. The smallest absolute Gasteiger partial charge is 0.253 e. The van der Waals surface area contributed by atoms with E-state index in [4.69, 9.17) is 4.74 Å². The third kappa shape index (κ3) is 5.17. The molecule has 0 aliphatic heterocycles. The molecule has 2 N–H and O–H groups in total. The van der Waals surface area contributed by atoms with Crippen LogP contribution in [0.3, 0.4) is 0 Å². The normalized spacial score (nSPS) is 13.0. The molecule has 1 saturated carbocycles. The topological polar surface area (TPSA) is 111 Å². The Bertz CT molecular complexity index is 1460. The van der Waals surface area contributed by atoms with Gasteiger partial charge in [0.15, 0.2) is 11.5 Å². The van der Waals surface area contributed by atoms with Crippen molar-refractivity contribution in [3.05, 3.63) is 71.4 Å². The molecule has 10 heteroatoms. The lowest BCUT2D eigenvalue weighted by molar-refractivity contribution is -0.114. The Kier molecular flexibility index (Phi) is 6.32. The molecule has 0 saturated heterocycles. The number of aromatic nitrogens is 4. The van der Waals surface area contributed by atoms with Gasteiger partial charge >= 0.3 is 0 Å². The van der Waals surface area contributed by atoms with Crippen LogP contribution in [0.15, 0.2) is 48.8 Å². The number of fused-ring (bicyclic) bond motifs is 1. The molecule has 2 amide bonds. The Morgan fingerprint density at radius 3 is 2.83 bits per heavy atom. The number of carbonyl (C=O) groups is 2. The zero-order valence-electron chi connectivity index (χ0n) is 19.9. The summed E-state index contributed by atoms with van der Waals surface area (Å²) in [5, 5.41) is 9.95. The Hall–Kier alpha value is -4.34. The number of anilines is 1. The third-order valence-electron chi connectivity index (χ3n) is 5.92. The monoisotopic (exact) mass is 488 g/mol. The first kappa shape index (κ1) is 23.4. The molecule has 184 valence electrons. The fourth-order valence-corrected chi connectivity index (χ4v) is 3.78. The number of pyridine rings is 1. The number of aryl methyl sites for hydroxylation is 1. The predicted octanol–water partition coefficient (Wildman–Crippen LogP) is 3.92. The first-order valence-electron chi connectivity index (χ1n) is 11.7. The Morgan fingerprint density at radius 1 is 1.22 bits per heavy atom. The number of carbonyl (C=O) groups excluding carboxylic acids is 2. The Labute approximate surface area is 206 Å². The van der Waals surface area contributed by atoms with Crippen molar-refractivity contribution in [3.63, 3.8) is 0 Å². The molecular weight excluding hydrogens is 463 g/mol. The van der Waals surface area contributed by atoms with Crippen LogP contribution in [-0.4, -0.2) is 38.0 Å². The highest BCUT2D eigenvalue weighted by Crippen LogP contribution is 2.31. The molecule has 1 aliphatic carbocycles. The molecule has 0 spiro atoms. The molecule has 1 fully saturated rings. The second kappa shape index (κ2) is 9.73. The SMILES string of the molecule is CC(=O)Nc1cn2nc(-c3cnc(C)c(C(=O)NCc4c(F)cccc4OCC4CC4)c3)ccc2n1. The lowest BCUT2D eigenvalue weighted by atomic mass is 10.1. The first-order chi connectivity index (χ1) is 17.4. The molecule has 0 atom stereocenters. The molecule has 0 bridgehead atoms. The third-order valence-corrected chi connectivity index (χ3v) is 5.92. The van der Waals surface area contributed by atoms with Crippen LogP contribution in [0.1, 0.15) is 41.4 Å². The van der Waals surface area contributed by atoms with Crippen LogP contribution in [0.2, 0.25) is 0 Å². The minimum Gasteiger partial charge on any atom is -0.493 e. The van der Waals surface area contributed by atoms with Crippen molar-refractivity contribution in [3.8, 4) is 17.0 Å².